The average Bonchev–Trinajstić information content (AvgIpc) is 2.50. The predicted molar refractivity (Wildman–Crippen MR) is 83.0 cm³/mol. The van der Waals surface area contributed by atoms with Gasteiger partial charge in [0, 0.05) is 0 Å². The van der Waals surface area contributed by atoms with Crippen LogP contribution in [0.1, 0.15) is 29.7 Å². The molecule has 1 unspecified atom stereocenters. The van der Waals surface area contributed by atoms with Gasteiger partial charge in [-0.15, -0.1) is 0 Å². The zero-order valence-corrected chi connectivity index (χ0v) is 12.4. The molecule has 0 saturated heterocycles. The van der Waals surface area contributed by atoms with Gasteiger partial charge in [0.05, 0.1) is 18.2 Å². The number of hydrazine groups is 1. The third-order valence-electron chi connectivity index (χ3n) is 3.40. The van der Waals surface area contributed by atoms with Gasteiger partial charge in [-0.3, -0.25) is 5.84 Å². The number of benzene rings is 2. The second-order valence-corrected chi connectivity index (χ2v) is 5.00. The molecule has 0 fully saturated rings. The van der Waals surface area contributed by atoms with Crippen LogP contribution in [0.5, 0.6) is 5.75 Å². The summed E-state index contributed by atoms with van der Waals surface area (Å²) in [6.07, 6.45) is 1.02. The van der Waals surface area contributed by atoms with E-state index in [-0.39, 0.29) is 6.04 Å². The van der Waals surface area contributed by atoms with Crippen molar-refractivity contribution in [2.45, 2.75) is 19.4 Å². The topological polar surface area (TPSA) is 47.3 Å². The summed E-state index contributed by atoms with van der Waals surface area (Å²) in [7, 11) is 1.60. The number of nitrogens with one attached hydrogen (secondary N) is 1. The average molecular weight is 291 g/mol. The number of methoxy groups -OCH3 is 1. The summed E-state index contributed by atoms with van der Waals surface area (Å²) in [6, 6.07) is 14.0. The standard InChI is InChI=1S/C16H19ClN2O/c1-3-11-4-6-12(7-5-11)16(19-18)13-8-9-14(17)15(10-13)20-2/h4-10,16,19H,3,18H2,1-2H3. The van der Waals surface area contributed by atoms with E-state index in [1.807, 2.05) is 18.2 Å². The molecule has 0 aromatic heterocycles. The van der Waals surface area contributed by atoms with Gasteiger partial charge in [0.2, 0.25) is 0 Å². The minimum atomic E-state index is -0.0907. The molecule has 3 nitrogen and oxygen atoms in total. The fourth-order valence-electron chi connectivity index (χ4n) is 2.19. The smallest absolute Gasteiger partial charge is 0.137 e. The number of rotatable bonds is 5. The van der Waals surface area contributed by atoms with Gasteiger partial charge in [0.25, 0.3) is 0 Å². The number of ether oxygens (including phenoxy) is 1. The van der Waals surface area contributed by atoms with Crippen molar-refractivity contribution in [3.63, 3.8) is 0 Å². The first-order valence-corrected chi connectivity index (χ1v) is 6.95. The molecule has 106 valence electrons. The molecule has 0 heterocycles. The molecule has 0 aliphatic carbocycles. The minimum absolute atomic E-state index is 0.0907. The third kappa shape index (κ3) is 3.12. The first-order valence-electron chi connectivity index (χ1n) is 6.58. The quantitative estimate of drug-likeness (QED) is 0.655. The van der Waals surface area contributed by atoms with Gasteiger partial charge in [-0.25, -0.2) is 5.43 Å². The molecule has 2 rings (SSSR count). The van der Waals surface area contributed by atoms with E-state index in [4.69, 9.17) is 22.2 Å². The van der Waals surface area contributed by atoms with Gasteiger partial charge in [-0.05, 0) is 35.2 Å². The van der Waals surface area contributed by atoms with Crippen molar-refractivity contribution in [2.24, 2.45) is 5.84 Å². The molecule has 0 spiro atoms. The summed E-state index contributed by atoms with van der Waals surface area (Å²) in [6.45, 7) is 2.14. The van der Waals surface area contributed by atoms with Crippen molar-refractivity contribution in [2.75, 3.05) is 7.11 Å². The first kappa shape index (κ1) is 14.9. The predicted octanol–water partition coefficient (Wildman–Crippen LogP) is 3.46. The molecule has 20 heavy (non-hydrogen) atoms. The Labute approximate surface area is 124 Å². The summed E-state index contributed by atoms with van der Waals surface area (Å²) < 4.78 is 5.25. The summed E-state index contributed by atoms with van der Waals surface area (Å²) in [5.41, 5.74) is 6.27. The lowest BCUT2D eigenvalue weighted by molar-refractivity contribution is 0.414. The highest BCUT2D eigenvalue weighted by molar-refractivity contribution is 6.32. The van der Waals surface area contributed by atoms with E-state index in [1.165, 1.54) is 5.56 Å². The lowest BCUT2D eigenvalue weighted by atomic mass is 9.97. The zero-order chi connectivity index (χ0) is 14.5. The SMILES string of the molecule is CCc1ccc(C(NN)c2ccc(Cl)c(OC)c2)cc1. The van der Waals surface area contributed by atoms with Crippen LogP contribution < -0.4 is 16.0 Å². The first-order chi connectivity index (χ1) is 9.69. The highest BCUT2D eigenvalue weighted by atomic mass is 35.5. The van der Waals surface area contributed by atoms with Gasteiger partial charge in [-0.1, -0.05) is 48.9 Å². The summed E-state index contributed by atoms with van der Waals surface area (Å²) in [5.74, 6) is 6.36. The number of nitrogens with two attached hydrogens (primary N) is 1. The molecule has 1 atom stereocenters. The molecule has 0 aliphatic heterocycles. The van der Waals surface area contributed by atoms with Gasteiger partial charge >= 0.3 is 0 Å². The van der Waals surface area contributed by atoms with E-state index in [9.17, 15) is 0 Å². The Morgan fingerprint density at radius 3 is 2.35 bits per heavy atom. The number of hydrogen-bond donors (Lipinski definition) is 2. The van der Waals surface area contributed by atoms with Crippen molar-refractivity contribution < 1.29 is 4.74 Å². The molecule has 0 bridgehead atoms. The summed E-state index contributed by atoms with van der Waals surface area (Å²) >= 11 is 6.05. The fraction of sp³-hybridized carbons (Fsp3) is 0.250. The maximum absolute atomic E-state index is 6.05. The van der Waals surface area contributed by atoms with Gasteiger partial charge in [-0.2, -0.15) is 0 Å². The van der Waals surface area contributed by atoms with Crippen molar-refractivity contribution in [1.29, 1.82) is 0 Å². The largest absolute Gasteiger partial charge is 0.495 e. The Balaban J connectivity index is 2.35. The molecule has 4 heteroatoms. The van der Waals surface area contributed by atoms with E-state index in [0.29, 0.717) is 10.8 Å². The third-order valence-corrected chi connectivity index (χ3v) is 3.71. The maximum atomic E-state index is 6.05. The number of halogens is 1. The van der Waals surface area contributed by atoms with Gasteiger partial charge in [0.15, 0.2) is 0 Å². The van der Waals surface area contributed by atoms with Crippen LogP contribution in [-0.4, -0.2) is 7.11 Å². The van der Waals surface area contributed by atoms with Crippen LogP contribution in [-0.2, 0) is 6.42 Å². The van der Waals surface area contributed by atoms with Crippen molar-refractivity contribution in [1.82, 2.24) is 5.43 Å². The van der Waals surface area contributed by atoms with Crippen LogP contribution in [0.3, 0.4) is 0 Å². The van der Waals surface area contributed by atoms with Crippen LogP contribution >= 0.6 is 11.6 Å². The van der Waals surface area contributed by atoms with E-state index in [2.05, 4.69) is 36.6 Å². The van der Waals surface area contributed by atoms with Crippen LogP contribution in [0.4, 0.5) is 0 Å². The maximum Gasteiger partial charge on any atom is 0.137 e. The summed E-state index contributed by atoms with van der Waals surface area (Å²) in [5, 5.41) is 0.591. The van der Waals surface area contributed by atoms with Crippen LogP contribution in [0.2, 0.25) is 5.02 Å². The second kappa shape index (κ2) is 6.75. The minimum Gasteiger partial charge on any atom is -0.495 e. The second-order valence-electron chi connectivity index (χ2n) is 4.59. The summed E-state index contributed by atoms with van der Waals surface area (Å²) in [4.78, 5) is 0. The van der Waals surface area contributed by atoms with E-state index in [0.717, 1.165) is 17.5 Å². The van der Waals surface area contributed by atoms with E-state index < -0.39 is 0 Å². The van der Waals surface area contributed by atoms with Crippen LogP contribution in [0, 0.1) is 0 Å². The van der Waals surface area contributed by atoms with Crippen LogP contribution in [0.15, 0.2) is 42.5 Å². The Morgan fingerprint density at radius 1 is 1.15 bits per heavy atom. The Hall–Kier alpha value is -1.55. The number of hydrogen-bond acceptors (Lipinski definition) is 3. The molecule has 0 saturated carbocycles. The normalized spacial score (nSPS) is 12.2. The van der Waals surface area contributed by atoms with Crippen molar-refractivity contribution in [3.8, 4) is 5.75 Å². The van der Waals surface area contributed by atoms with Crippen LogP contribution in [0.25, 0.3) is 0 Å². The highest BCUT2D eigenvalue weighted by Gasteiger charge is 2.14. The highest BCUT2D eigenvalue weighted by Crippen LogP contribution is 2.30. The molecule has 0 amide bonds. The molecule has 0 aliphatic rings. The molecule has 0 radical (unpaired) electrons. The molecule has 2 aromatic carbocycles. The van der Waals surface area contributed by atoms with E-state index in [1.54, 1.807) is 7.11 Å². The Bertz CT molecular complexity index is 569. The monoisotopic (exact) mass is 290 g/mol. The lowest BCUT2D eigenvalue weighted by Gasteiger charge is -2.18. The van der Waals surface area contributed by atoms with Gasteiger partial charge < -0.3 is 4.74 Å². The van der Waals surface area contributed by atoms with Gasteiger partial charge in [0.1, 0.15) is 5.75 Å². The Morgan fingerprint density at radius 2 is 1.80 bits per heavy atom. The lowest BCUT2D eigenvalue weighted by Crippen LogP contribution is -2.28. The van der Waals surface area contributed by atoms with Crippen molar-refractivity contribution in [3.05, 3.63) is 64.2 Å². The van der Waals surface area contributed by atoms with E-state index >= 15 is 0 Å². The zero-order valence-electron chi connectivity index (χ0n) is 11.7. The molecular formula is C16H19ClN2O. The van der Waals surface area contributed by atoms with Crippen molar-refractivity contribution >= 4 is 11.6 Å². The number of aryl methyl sites for hydroxylation is 1. The fourth-order valence-corrected chi connectivity index (χ4v) is 2.38. The molecule has 3 N–H and O–H groups in total. The Kier molecular flexibility index (Phi) is 5.01. The molecular weight excluding hydrogens is 272 g/mol. The molecule has 2 aromatic rings.